The molecule has 0 aromatic heterocycles. The maximum absolute atomic E-state index is 14.7. The Bertz CT molecular complexity index is 852. The van der Waals surface area contributed by atoms with Gasteiger partial charge in [-0.3, -0.25) is 4.79 Å². The van der Waals surface area contributed by atoms with E-state index in [1.54, 1.807) is 18.2 Å². The average molecular weight is 358 g/mol. The quantitative estimate of drug-likeness (QED) is 0.882. The third-order valence-electron chi connectivity index (χ3n) is 4.55. The maximum Gasteiger partial charge on any atom is 0.256 e. The van der Waals surface area contributed by atoms with Crippen molar-refractivity contribution in [3.8, 4) is 17.2 Å². The van der Waals surface area contributed by atoms with E-state index in [0.29, 0.717) is 54.6 Å². The van der Waals surface area contributed by atoms with Crippen molar-refractivity contribution in [3.05, 3.63) is 46.8 Å². The first-order valence-electron chi connectivity index (χ1n) is 8.47. The van der Waals surface area contributed by atoms with E-state index in [4.69, 9.17) is 14.2 Å². The minimum absolute atomic E-state index is 0.171. The molecule has 2 aromatic carbocycles. The lowest BCUT2D eigenvalue weighted by Gasteiger charge is -2.22. The average Bonchev–Trinajstić information content (AvgIpc) is 2.69. The number of hydrogen-bond donors (Lipinski definition) is 2. The van der Waals surface area contributed by atoms with Crippen LogP contribution in [0.4, 0.5) is 10.1 Å². The number of hydrogen-bond acceptors (Lipinski definition) is 5. The van der Waals surface area contributed by atoms with Gasteiger partial charge in [0, 0.05) is 12.1 Å². The zero-order valence-electron chi connectivity index (χ0n) is 14.4. The molecule has 0 fully saturated rings. The summed E-state index contributed by atoms with van der Waals surface area (Å²) in [6.45, 7) is 2.18. The first-order valence-corrected chi connectivity index (χ1v) is 8.47. The van der Waals surface area contributed by atoms with E-state index in [1.807, 2.05) is 6.07 Å². The molecule has 6 nitrogen and oxygen atoms in total. The number of carbonyl (C=O) groups excluding carboxylic acids is 1. The Morgan fingerprint density at radius 1 is 1.27 bits per heavy atom. The number of rotatable bonds is 3. The highest BCUT2D eigenvalue weighted by Crippen LogP contribution is 2.40. The van der Waals surface area contributed by atoms with E-state index in [-0.39, 0.29) is 11.5 Å². The summed E-state index contributed by atoms with van der Waals surface area (Å²) in [4.78, 5) is 12.6. The van der Waals surface area contributed by atoms with Gasteiger partial charge < -0.3 is 24.8 Å². The summed E-state index contributed by atoms with van der Waals surface area (Å²) in [6, 6.07) is 6.56. The molecule has 2 heterocycles. The fourth-order valence-electron chi connectivity index (χ4n) is 3.23. The Morgan fingerprint density at radius 2 is 2.12 bits per heavy atom. The Kier molecular flexibility index (Phi) is 4.38. The Hall–Kier alpha value is -2.80. The number of ether oxygens (including phenoxy) is 3. The highest BCUT2D eigenvalue weighted by Gasteiger charge is 2.22. The second-order valence-electron chi connectivity index (χ2n) is 6.15. The number of nitrogens with one attached hydrogen (secondary N) is 2. The van der Waals surface area contributed by atoms with Crippen LogP contribution in [0.25, 0.3) is 0 Å². The van der Waals surface area contributed by atoms with Crippen molar-refractivity contribution in [1.29, 1.82) is 0 Å². The van der Waals surface area contributed by atoms with Gasteiger partial charge in [-0.25, -0.2) is 4.39 Å². The van der Waals surface area contributed by atoms with Crippen LogP contribution in [0.3, 0.4) is 0 Å². The van der Waals surface area contributed by atoms with Gasteiger partial charge in [-0.05, 0) is 42.3 Å². The van der Waals surface area contributed by atoms with Crippen molar-refractivity contribution < 1.29 is 23.4 Å². The predicted octanol–water partition coefficient (Wildman–Crippen LogP) is 2.50. The number of anilines is 1. The van der Waals surface area contributed by atoms with Crippen LogP contribution in [0.1, 0.15) is 21.5 Å². The highest BCUT2D eigenvalue weighted by atomic mass is 19.1. The van der Waals surface area contributed by atoms with Crippen LogP contribution in [0.2, 0.25) is 0 Å². The molecule has 0 unspecified atom stereocenters. The van der Waals surface area contributed by atoms with E-state index < -0.39 is 5.91 Å². The largest absolute Gasteiger partial charge is 0.493 e. The Balaban J connectivity index is 1.63. The maximum atomic E-state index is 14.7. The number of carbonyl (C=O) groups is 1. The fraction of sp³-hybridized carbons (Fsp3) is 0.316. The zero-order valence-corrected chi connectivity index (χ0v) is 14.4. The highest BCUT2D eigenvalue weighted by molar-refractivity contribution is 6.05. The van der Waals surface area contributed by atoms with Crippen molar-refractivity contribution in [1.82, 2.24) is 5.32 Å². The molecule has 2 aromatic rings. The molecule has 0 saturated heterocycles. The first kappa shape index (κ1) is 16.7. The van der Waals surface area contributed by atoms with Gasteiger partial charge in [-0.2, -0.15) is 0 Å². The lowest BCUT2D eigenvalue weighted by Crippen LogP contribution is -2.25. The van der Waals surface area contributed by atoms with Gasteiger partial charge >= 0.3 is 0 Å². The van der Waals surface area contributed by atoms with Crippen LogP contribution >= 0.6 is 0 Å². The van der Waals surface area contributed by atoms with Crippen molar-refractivity contribution >= 4 is 11.6 Å². The molecule has 0 aliphatic carbocycles. The van der Waals surface area contributed by atoms with Crippen LogP contribution in [0, 0.1) is 5.82 Å². The van der Waals surface area contributed by atoms with E-state index in [0.717, 1.165) is 12.1 Å². The molecule has 0 spiro atoms. The summed E-state index contributed by atoms with van der Waals surface area (Å²) in [6.07, 6.45) is 0.600. The van der Waals surface area contributed by atoms with Gasteiger partial charge in [-0.1, -0.05) is 6.07 Å². The lowest BCUT2D eigenvalue weighted by molar-refractivity contribution is 0.102. The van der Waals surface area contributed by atoms with E-state index in [9.17, 15) is 9.18 Å². The van der Waals surface area contributed by atoms with E-state index in [1.165, 1.54) is 7.11 Å². The SMILES string of the molecule is COc1cc(C(=O)Nc2ccc3c(c2F)CCNC3)cc2c1OCCO2. The summed E-state index contributed by atoms with van der Waals surface area (Å²) in [5.41, 5.74) is 2.06. The van der Waals surface area contributed by atoms with Crippen LogP contribution in [0.15, 0.2) is 24.3 Å². The normalized spacial score (nSPS) is 15.2. The molecule has 0 atom stereocenters. The second-order valence-corrected chi connectivity index (χ2v) is 6.15. The molecule has 2 N–H and O–H groups in total. The van der Waals surface area contributed by atoms with Gasteiger partial charge in [-0.15, -0.1) is 0 Å². The lowest BCUT2D eigenvalue weighted by atomic mass is 9.99. The summed E-state index contributed by atoms with van der Waals surface area (Å²) in [5, 5.41) is 5.85. The van der Waals surface area contributed by atoms with E-state index >= 15 is 0 Å². The number of amides is 1. The Morgan fingerprint density at radius 3 is 2.96 bits per heavy atom. The molecule has 136 valence electrons. The van der Waals surface area contributed by atoms with Gasteiger partial charge in [0.05, 0.1) is 12.8 Å². The second kappa shape index (κ2) is 6.84. The molecular weight excluding hydrogens is 339 g/mol. The van der Waals surface area contributed by atoms with Crippen molar-refractivity contribution in [2.45, 2.75) is 13.0 Å². The van der Waals surface area contributed by atoms with Crippen LogP contribution < -0.4 is 24.8 Å². The monoisotopic (exact) mass is 358 g/mol. The predicted molar refractivity (Wildman–Crippen MR) is 93.7 cm³/mol. The molecule has 2 aliphatic rings. The molecular formula is C19H19FN2O4. The molecule has 0 bridgehead atoms. The topological polar surface area (TPSA) is 68.8 Å². The van der Waals surface area contributed by atoms with Gasteiger partial charge in [0.15, 0.2) is 11.5 Å². The summed E-state index contributed by atoms with van der Waals surface area (Å²) in [5.74, 6) is 0.514. The number of benzene rings is 2. The van der Waals surface area contributed by atoms with Crippen molar-refractivity contribution in [2.75, 3.05) is 32.2 Å². The number of halogens is 1. The minimum Gasteiger partial charge on any atom is -0.493 e. The summed E-state index contributed by atoms with van der Waals surface area (Å²) in [7, 11) is 1.49. The summed E-state index contributed by atoms with van der Waals surface area (Å²) < 4.78 is 31.1. The molecule has 4 rings (SSSR count). The molecule has 26 heavy (non-hydrogen) atoms. The minimum atomic E-state index is -0.437. The van der Waals surface area contributed by atoms with Crippen LogP contribution in [-0.2, 0) is 13.0 Å². The standard InChI is InChI=1S/C19H19FN2O4/c1-24-15-8-12(9-16-18(15)26-7-6-25-16)19(23)22-14-3-2-11-10-21-5-4-13(11)17(14)20/h2-3,8-9,21H,4-7,10H2,1H3,(H,22,23). The van der Waals surface area contributed by atoms with Crippen molar-refractivity contribution in [2.24, 2.45) is 0 Å². The molecule has 0 radical (unpaired) electrons. The number of methoxy groups -OCH3 is 1. The van der Waals surface area contributed by atoms with Gasteiger partial charge in [0.1, 0.15) is 19.0 Å². The van der Waals surface area contributed by atoms with Gasteiger partial charge in [0.2, 0.25) is 5.75 Å². The third kappa shape index (κ3) is 2.94. The van der Waals surface area contributed by atoms with E-state index in [2.05, 4.69) is 10.6 Å². The molecule has 2 aliphatic heterocycles. The van der Waals surface area contributed by atoms with Crippen molar-refractivity contribution in [3.63, 3.8) is 0 Å². The smallest absolute Gasteiger partial charge is 0.256 e. The number of fused-ring (bicyclic) bond motifs is 2. The molecule has 7 heteroatoms. The zero-order chi connectivity index (χ0) is 18.1. The molecule has 0 saturated carbocycles. The fourth-order valence-corrected chi connectivity index (χ4v) is 3.23. The van der Waals surface area contributed by atoms with Gasteiger partial charge in [0.25, 0.3) is 5.91 Å². The molecule has 1 amide bonds. The first-order chi connectivity index (χ1) is 12.7. The third-order valence-corrected chi connectivity index (χ3v) is 4.55. The summed E-state index contributed by atoms with van der Waals surface area (Å²) >= 11 is 0. The Labute approximate surface area is 150 Å². The van der Waals surface area contributed by atoms with Crippen LogP contribution in [0.5, 0.6) is 17.2 Å². The van der Waals surface area contributed by atoms with Crippen LogP contribution in [-0.4, -0.2) is 32.8 Å².